The van der Waals surface area contributed by atoms with Crippen molar-refractivity contribution in [2.24, 2.45) is 0 Å². The van der Waals surface area contributed by atoms with Gasteiger partial charge in [-0.1, -0.05) is 19.9 Å². The zero-order chi connectivity index (χ0) is 12.9. The predicted molar refractivity (Wildman–Crippen MR) is 69.0 cm³/mol. The van der Waals surface area contributed by atoms with Crippen LogP contribution in [0.1, 0.15) is 32.8 Å². The first-order valence-corrected chi connectivity index (χ1v) is 6.16. The summed E-state index contributed by atoms with van der Waals surface area (Å²) in [5.74, 6) is 0.375. The van der Waals surface area contributed by atoms with Gasteiger partial charge in [-0.05, 0) is 38.4 Å². The third-order valence-corrected chi connectivity index (χ3v) is 3.00. The summed E-state index contributed by atoms with van der Waals surface area (Å²) in [4.78, 5) is 0. The zero-order valence-electron chi connectivity index (χ0n) is 11.1. The average molecular weight is 239 g/mol. The molecule has 17 heavy (non-hydrogen) atoms. The van der Waals surface area contributed by atoms with Gasteiger partial charge in [-0.15, -0.1) is 0 Å². The summed E-state index contributed by atoms with van der Waals surface area (Å²) in [5, 5.41) is 3.28. The van der Waals surface area contributed by atoms with Crippen molar-refractivity contribution >= 4 is 0 Å². The van der Waals surface area contributed by atoms with Gasteiger partial charge in [0.15, 0.2) is 0 Å². The molecule has 1 rings (SSSR count). The number of likely N-dealkylation sites (N-methyl/N-ethyl adjacent to an activating group) is 1. The van der Waals surface area contributed by atoms with Crippen molar-refractivity contribution in [3.05, 3.63) is 29.6 Å². The lowest BCUT2D eigenvalue weighted by atomic mass is 10.0. The van der Waals surface area contributed by atoms with Crippen LogP contribution in [0.2, 0.25) is 0 Å². The average Bonchev–Trinajstić information content (AvgIpc) is 2.31. The zero-order valence-corrected chi connectivity index (χ0v) is 11.1. The monoisotopic (exact) mass is 239 g/mol. The molecule has 0 heterocycles. The molecule has 1 N–H and O–H groups in total. The molecule has 3 heteroatoms. The van der Waals surface area contributed by atoms with Crippen LogP contribution in [-0.4, -0.2) is 18.7 Å². The molecular weight excluding hydrogens is 217 g/mol. The molecule has 0 aliphatic carbocycles. The third kappa shape index (κ3) is 4.00. The topological polar surface area (TPSA) is 21.3 Å². The van der Waals surface area contributed by atoms with E-state index >= 15 is 0 Å². The molecule has 0 amide bonds. The summed E-state index contributed by atoms with van der Waals surface area (Å²) >= 11 is 0. The van der Waals surface area contributed by atoms with Crippen LogP contribution in [0, 0.1) is 12.7 Å². The van der Waals surface area contributed by atoms with Crippen LogP contribution in [-0.2, 0) is 0 Å². The number of aryl methyl sites for hydroxylation is 1. The van der Waals surface area contributed by atoms with Crippen LogP contribution in [0.3, 0.4) is 0 Å². The summed E-state index contributed by atoms with van der Waals surface area (Å²) in [5.41, 5.74) is 0.664. The maximum atomic E-state index is 13.2. The van der Waals surface area contributed by atoms with Crippen molar-refractivity contribution in [2.45, 2.75) is 39.7 Å². The van der Waals surface area contributed by atoms with Crippen LogP contribution >= 0.6 is 0 Å². The van der Waals surface area contributed by atoms with Crippen molar-refractivity contribution in [3.8, 4) is 5.75 Å². The van der Waals surface area contributed by atoms with E-state index in [0.717, 1.165) is 25.1 Å². The number of hydrogen-bond acceptors (Lipinski definition) is 2. The first-order chi connectivity index (χ1) is 8.00. The van der Waals surface area contributed by atoms with Gasteiger partial charge in [0, 0.05) is 12.6 Å². The SMILES string of the molecule is CCNCC(C)(CC)Oc1cc(F)ccc1C. The van der Waals surface area contributed by atoms with E-state index in [4.69, 9.17) is 4.74 Å². The summed E-state index contributed by atoms with van der Waals surface area (Å²) in [6, 6.07) is 4.65. The second kappa shape index (κ2) is 6.01. The van der Waals surface area contributed by atoms with Gasteiger partial charge < -0.3 is 10.1 Å². The Morgan fingerprint density at radius 1 is 1.35 bits per heavy atom. The van der Waals surface area contributed by atoms with E-state index in [1.165, 1.54) is 12.1 Å². The Labute approximate surface area is 103 Å². The normalized spacial score (nSPS) is 14.4. The number of rotatable bonds is 6. The highest BCUT2D eigenvalue weighted by molar-refractivity contribution is 5.33. The van der Waals surface area contributed by atoms with Crippen LogP contribution < -0.4 is 10.1 Å². The molecule has 0 spiro atoms. The predicted octanol–water partition coefficient (Wildman–Crippen LogP) is 3.29. The Hall–Kier alpha value is -1.09. The van der Waals surface area contributed by atoms with Crippen molar-refractivity contribution in [1.82, 2.24) is 5.32 Å². The lowest BCUT2D eigenvalue weighted by Gasteiger charge is -2.30. The van der Waals surface area contributed by atoms with E-state index in [2.05, 4.69) is 19.2 Å². The van der Waals surface area contributed by atoms with Crippen LogP contribution in [0.5, 0.6) is 5.75 Å². The molecule has 0 bridgehead atoms. The maximum absolute atomic E-state index is 13.2. The third-order valence-electron chi connectivity index (χ3n) is 3.00. The van der Waals surface area contributed by atoms with Gasteiger partial charge in [0.25, 0.3) is 0 Å². The van der Waals surface area contributed by atoms with Gasteiger partial charge in [0.05, 0.1) is 0 Å². The van der Waals surface area contributed by atoms with Gasteiger partial charge in [0.1, 0.15) is 17.2 Å². The second-order valence-electron chi connectivity index (χ2n) is 4.60. The lowest BCUT2D eigenvalue weighted by molar-refractivity contribution is 0.0829. The van der Waals surface area contributed by atoms with E-state index in [1.54, 1.807) is 6.07 Å². The Bertz CT molecular complexity index is 367. The maximum Gasteiger partial charge on any atom is 0.126 e. The standard InChI is InChI=1S/C14H22FNO/c1-5-14(4,10-16-6-2)17-13-9-12(15)8-7-11(13)3/h7-9,16H,5-6,10H2,1-4H3. The molecule has 2 nitrogen and oxygen atoms in total. The van der Waals surface area contributed by atoms with Crippen LogP contribution in [0.4, 0.5) is 4.39 Å². The molecular formula is C14H22FNO. The molecule has 1 aromatic rings. The van der Waals surface area contributed by atoms with Crippen LogP contribution in [0.25, 0.3) is 0 Å². The molecule has 1 aromatic carbocycles. The molecule has 96 valence electrons. The largest absolute Gasteiger partial charge is 0.486 e. The fourth-order valence-electron chi connectivity index (χ4n) is 1.57. The van der Waals surface area contributed by atoms with Gasteiger partial charge in [0.2, 0.25) is 0 Å². The highest BCUT2D eigenvalue weighted by Gasteiger charge is 2.24. The highest BCUT2D eigenvalue weighted by Crippen LogP contribution is 2.25. The van der Waals surface area contributed by atoms with Gasteiger partial charge in [-0.2, -0.15) is 0 Å². The van der Waals surface area contributed by atoms with E-state index < -0.39 is 0 Å². The van der Waals surface area contributed by atoms with Crippen LogP contribution in [0.15, 0.2) is 18.2 Å². The highest BCUT2D eigenvalue weighted by atomic mass is 19.1. The molecule has 0 saturated carbocycles. The summed E-state index contributed by atoms with van der Waals surface area (Å²) in [6.07, 6.45) is 0.871. The number of benzene rings is 1. The molecule has 0 radical (unpaired) electrons. The minimum Gasteiger partial charge on any atom is -0.486 e. The van der Waals surface area contributed by atoms with Crippen molar-refractivity contribution in [3.63, 3.8) is 0 Å². The summed E-state index contributed by atoms with van der Waals surface area (Å²) in [6.45, 7) is 9.77. The quantitative estimate of drug-likeness (QED) is 0.822. The number of halogens is 1. The second-order valence-corrected chi connectivity index (χ2v) is 4.60. The minimum atomic E-state index is -0.297. The van der Waals surface area contributed by atoms with E-state index in [9.17, 15) is 4.39 Å². The lowest BCUT2D eigenvalue weighted by Crippen LogP contribution is -2.42. The molecule has 0 aliphatic heterocycles. The van der Waals surface area contributed by atoms with Gasteiger partial charge in [-0.3, -0.25) is 0 Å². The first-order valence-electron chi connectivity index (χ1n) is 6.16. The molecule has 1 atom stereocenters. The summed E-state index contributed by atoms with van der Waals surface area (Å²) < 4.78 is 19.1. The molecule has 0 fully saturated rings. The molecule has 1 unspecified atom stereocenters. The molecule has 0 saturated heterocycles. The van der Waals surface area contributed by atoms with Crippen molar-refractivity contribution < 1.29 is 9.13 Å². The minimum absolute atomic E-state index is 0.257. The number of hydrogen-bond donors (Lipinski definition) is 1. The smallest absolute Gasteiger partial charge is 0.126 e. The van der Waals surface area contributed by atoms with E-state index in [1.807, 2.05) is 13.8 Å². The Balaban J connectivity index is 2.82. The van der Waals surface area contributed by atoms with Gasteiger partial charge in [-0.25, -0.2) is 4.39 Å². The van der Waals surface area contributed by atoms with Gasteiger partial charge >= 0.3 is 0 Å². The Kier molecular flexibility index (Phi) is 4.94. The fourth-order valence-corrected chi connectivity index (χ4v) is 1.57. The Morgan fingerprint density at radius 3 is 2.65 bits per heavy atom. The number of nitrogens with one attached hydrogen (secondary N) is 1. The Morgan fingerprint density at radius 2 is 2.06 bits per heavy atom. The summed E-state index contributed by atoms with van der Waals surface area (Å²) in [7, 11) is 0. The van der Waals surface area contributed by atoms with E-state index in [0.29, 0.717) is 5.75 Å². The van der Waals surface area contributed by atoms with E-state index in [-0.39, 0.29) is 11.4 Å². The first kappa shape index (κ1) is 14.0. The fraction of sp³-hybridized carbons (Fsp3) is 0.571. The van der Waals surface area contributed by atoms with Crippen molar-refractivity contribution in [1.29, 1.82) is 0 Å². The molecule has 0 aliphatic rings. The van der Waals surface area contributed by atoms with Crippen molar-refractivity contribution in [2.75, 3.05) is 13.1 Å². The molecule has 0 aromatic heterocycles. The number of ether oxygens (including phenoxy) is 1.